The van der Waals surface area contributed by atoms with Gasteiger partial charge in [0.05, 0.1) is 0 Å². The zero-order chi connectivity index (χ0) is 14.2. The number of hydrogen-bond acceptors (Lipinski definition) is 1. The Balaban J connectivity index is 1.60. The lowest BCUT2D eigenvalue weighted by Crippen LogP contribution is -2.39. The molecule has 1 aliphatic carbocycles. The smallest absolute Gasteiger partial charge is 0.314 e. The normalized spacial score (nSPS) is 15.8. The zero-order valence-electron chi connectivity index (χ0n) is 11.8. The van der Waals surface area contributed by atoms with Crippen LogP contribution in [0.3, 0.4) is 0 Å². The van der Waals surface area contributed by atoms with Crippen molar-refractivity contribution >= 4 is 22.0 Å². The van der Waals surface area contributed by atoms with Crippen molar-refractivity contribution in [1.29, 1.82) is 0 Å². The molecule has 1 saturated carbocycles. The maximum Gasteiger partial charge on any atom is 0.314 e. The number of urea groups is 1. The molecule has 1 aliphatic rings. The Morgan fingerprint density at radius 1 is 1.20 bits per heavy atom. The molecule has 0 heterocycles. The lowest BCUT2D eigenvalue weighted by molar-refractivity contribution is 0.236. The van der Waals surface area contributed by atoms with Crippen molar-refractivity contribution in [1.82, 2.24) is 10.6 Å². The molecule has 0 saturated heterocycles. The summed E-state index contributed by atoms with van der Waals surface area (Å²) < 4.78 is 1.08. The second kappa shape index (κ2) is 8.30. The molecule has 110 valence electrons. The van der Waals surface area contributed by atoms with Crippen molar-refractivity contribution in [3.8, 4) is 0 Å². The minimum atomic E-state index is -0.0365. The second-order valence-corrected chi connectivity index (χ2v) is 6.44. The Kier molecular flexibility index (Phi) is 6.37. The molecule has 0 aliphatic heterocycles. The van der Waals surface area contributed by atoms with Crippen LogP contribution in [0.4, 0.5) is 4.79 Å². The van der Waals surface area contributed by atoms with Crippen molar-refractivity contribution in [2.24, 2.45) is 5.92 Å². The van der Waals surface area contributed by atoms with Gasteiger partial charge in [-0.2, -0.15) is 0 Å². The van der Waals surface area contributed by atoms with Gasteiger partial charge in [0.2, 0.25) is 0 Å². The largest absolute Gasteiger partial charge is 0.338 e. The van der Waals surface area contributed by atoms with Gasteiger partial charge in [0.25, 0.3) is 0 Å². The molecular formula is C16H23BrN2O. The zero-order valence-corrected chi connectivity index (χ0v) is 13.4. The Morgan fingerprint density at radius 2 is 2.00 bits per heavy atom. The van der Waals surface area contributed by atoms with Gasteiger partial charge >= 0.3 is 6.03 Å². The van der Waals surface area contributed by atoms with Crippen molar-refractivity contribution in [3.05, 3.63) is 34.3 Å². The van der Waals surface area contributed by atoms with E-state index in [9.17, 15) is 4.79 Å². The van der Waals surface area contributed by atoms with Crippen LogP contribution in [0.15, 0.2) is 28.7 Å². The van der Waals surface area contributed by atoms with Crippen molar-refractivity contribution in [2.45, 2.75) is 38.5 Å². The van der Waals surface area contributed by atoms with Gasteiger partial charge in [-0.15, -0.1) is 0 Å². The molecule has 0 spiro atoms. The highest BCUT2D eigenvalue weighted by Gasteiger charge is 2.13. The molecule has 0 unspecified atom stereocenters. The first-order valence-corrected chi connectivity index (χ1v) is 8.29. The second-order valence-electron chi connectivity index (χ2n) is 5.52. The third kappa shape index (κ3) is 5.53. The van der Waals surface area contributed by atoms with Crippen LogP contribution in [0.5, 0.6) is 0 Å². The quantitative estimate of drug-likeness (QED) is 0.840. The van der Waals surface area contributed by atoms with Gasteiger partial charge < -0.3 is 10.6 Å². The molecule has 0 aromatic heterocycles. The topological polar surface area (TPSA) is 41.1 Å². The summed E-state index contributed by atoms with van der Waals surface area (Å²) in [6.07, 6.45) is 7.37. The van der Waals surface area contributed by atoms with Gasteiger partial charge in [-0.3, -0.25) is 0 Å². The predicted octanol–water partition coefficient (Wildman–Crippen LogP) is 3.87. The van der Waals surface area contributed by atoms with Gasteiger partial charge in [-0.25, -0.2) is 4.79 Å². The van der Waals surface area contributed by atoms with Gasteiger partial charge in [0.15, 0.2) is 0 Å². The molecule has 0 radical (unpaired) electrons. The van der Waals surface area contributed by atoms with E-state index in [2.05, 4.69) is 38.7 Å². The number of benzene rings is 1. The number of hydrogen-bond donors (Lipinski definition) is 2. The highest BCUT2D eigenvalue weighted by Crippen LogP contribution is 2.22. The number of rotatable bonds is 5. The fourth-order valence-corrected chi connectivity index (χ4v) is 3.15. The van der Waals surface area contributed by atoms with Gasteiger partial charge in [0.1, 0.15) is 0 Å². The van der Waals surface area contributed by atoms with E-state index in [-0.39, 0.29) is 6.03 Å². The van der Waals surface area contributed by atoms with Crippen molar-refractivity contribution in [3.63, 3.8) is 0 Å². The fourth-order valence-electron chi connectivity index (χ4n) is 2.70. The number of amides is 2. The summed E-state index contributed by atoms with van der Waals surface area (Å²) in [7, 11) is 0. The van der Waals surface area contributed by atoms with E-state index in [0.29, 0.717) is 12.5 Å². The molecule has 0 atom stereocenters. The van der Waals surface area contributed by atoms with Crippen LogP contribution in [0.1, 0.15) is 37.7 Å². The monoisotopic (exact) mass is 338 g/mol. The molecule has 20 heavy (non-hydrogen) atoms. The van der Waals surface area contributed by atoms with Gasteiger partial charge in [-0.1, -0.05) is 47.3 Å². The molecule has 3 nitrogen and oxygen atoms in total. The number of carbonyl (C=O) groups excluding carboxylic acids is 1. The van der Waals surface area contributed by atoms with Gasteiger partial charge in [0, 0.05) is 17.6 Å². The molecule has 2 rings (SSSR count). The predicted molar refractivity (Wildman–Crippen MR) is 85.8 cm³/mol. The molecule has 1 aromatic carbocycles. The van der Waals surface area contributed by atoms with E-state index in [1.807, 2.05) is 12.1 Å². The lowest BCUT2D eigenvalue weighted by Gasteiger charge is -2.21. The van der Waals surface area contributed by atoms with Crippen LogP contribution >= 0.6 is 15.9 Å². The average molecular weight is 339 g/mol. The number of nitrogens with one attached hydrogen (secondary N) is 2. The third-order valence-corrected chi connectivity index (χ3v) is 4.36. The summed E-state index contributed by atoms with van der Waals surface area (Å²) in [6.45, 7) is 1.50. The average Bonchev–Trinajstić information content (AvgIpc) is 2.46. The summed E-state index contributed by atoms with van der Waals surface area (Å²) in [5.41, 5.74) is 1.23. The van der Waals surface area contributed by atoms with Crippen LogP contribution in [0.2, 0.25) is 0 Å². The highest BCUT2D eigenvalue weighted by molar-refractivity contribution is 9.10. The third-order valence-electron chi connectivity index (χ3n) is 3.86. The Morgan fingerprint density at radius 3 is 2.75 bits per heavy atom. The summed E-state index contributed by atoms with van der Waals surface area (Å²) >= 11 is 3.45. The summed E-state index contributed by atoms with van der Waals surface area (Å²) in [5.74, 6) is 0.680. The first-order chi connectivity index (χ1) is 9.74. The Hall–Kier alpha value is -1.03. The number of halogens is 1. The van der Waals surface area contributed by atoms with E-state index in [1.165, 1.54) is 37.7 Å². The van der Waals surface area contributed by atoms with E-state index < -0.39 is 0 Å². The minimum absolute atomic E-state index is 0.0365. The maximum absolute atomic E-state index is 11.7. The maximum atomic E-state index is 11.7. The van der Waals surface area contributed by atoms with Crippen LogP contribution in [0.25, 0.3) is 0 Å². The Labute approximate surface area is 129 Å². The molecule has 4 heteroatoms. The molecule has 1 aromatic rings. The number of carbonyl (C=O) groups is 1. The lowest BCUT2D eigenvalue weighted by atomic mass is 9.89. The van der Waals surface area contributed by atoms with Crippen LogP contribution in [0, 0.1) is 5.92 Å². The highest BCUT2D eigenvalue weighted by atomic mass is 79.9. The van der Waals surface area contributed by atoms with Crippen molar-refractivity contribution < 1.29 is 4.79 Å². The fraction of sp³-hybridized carbons (Fsp3) is 0.562. The Bertz CT molecular complexity index is 430. The van der Waals surface area contributed by atoms with Crippen molar-refractivity contribution in [2.75, 3.05) is 13.1 Å². The summed E-state index contributed by atoms with van der Waals surface area (Å²) in [6, 6.07) is 8.15. The van der Waals surface area contributed by atoms with E-state index in [4.69, 9.17) is 0 Å². The minimum Gasteiger partial charge on any atom is -0.338 e. The SMILES string of the molecule is O=C(NCCc1cccc(Br)c1)NCC1CCCCC1. The van der Waals surface area contributed by atoms with E-state index in [1.54, 1.807) is 0 Å². The van der Waals surface area contributed by atoms with E-state index >= 15 is 0 Å². The van der Waals surface area contributed by atoms with Crippen LogP contribution in [-0.2, 0) is 6.42 Å². The molecule has 2 amide bonds. The first-order valence-electron chi connectivity index (χ1n) is 7.50. The standard InChI is InChI=1S/C16H23BrN2O/c17-15-8-4-7-13(11-15)9-10-18-16(20)19-12-14-5-2-1-3-6-14/h4,7-8,11,14H,1-3,5-6,9-10,12H2,(H2,18,19,20). The van der Waals surface area contributed by atoms with Gasteiger partial charge in [-0.05, 0) is 42.9 Å². The van der Waals surface area contributed by atoms with Crippen LogP contribution in [-0.4, -0.2) is 19.1 Å². The summed E-state index contributed by atoms with van der Waals surface area (Å²) in [5, 5.41) is 5.92. The molecule has 1 fully saturated rings. The molecular weight excluding hydrogens is 316 g/mol. The molecule has 2 N–H and O–H groups in total. The molecule has 0 bridgehead atoms. The van der Waals surface area contributed by atoms with E-state index in [0.717, 1.165) is 17.4 Å². The van der Waals surface area contributed by atoms with Crippen LogP contribution < -0.4 is 10.6 Å². The summed E-state index contributed by atoms with van der Waals surface area (Å²) in [4.78, 5) is 11.7. The first kappa shape index (κ1) is 15.4.